The molecule has 0 radical (unpaired) electrons. The number of hydrogen-bond donors (Lipinski definition) is 3. The maximum Gasteiger partial charge on any atom is 0.249 e. The first-order valence-corrected chi connectivity index (χ1v) is 7.49. The number of imide groups is 1. The highest BCUT2D eigenvalue weighted by atomic mass is 19.1. The van der Waals surface area contributed by atoms with Gasteiger partial charge in [0, 0.05) is 38.3 Å². The molecule has 2 heterocycles. The van der Waals surface area contributed by atoms with E-state index in [4.69, 9.17) is 0 Å². The predicted octanol–water partition coefficient (Wildman–Crippen LogP) is 0.452. The molecule has 0 saturated carbocycles. The summed E-state index contributed by atoms with van der Waals surface area (Å²) in [4.78, 5) is 24.9. The number of carbonyl (C=O) groups excluding carboxylic acids is 2. The van der Waals surface area contributed by atoms with Crippen molar-refractivity contribution in [3.05, 3.63) is 24.0 Å². The number of benzene rings is 1. The molecule has 0 unspecified atom stereocenters. The van der Waals surface area contributed by atoms with E-state index in [1.165, 1.54) is 6.07 Å². The molecule has 2 aliphatic heterocycles. The van der Waals surface area contributed by atoms with Crippen molar-refractivity contribution in [3.8, 4) is 0 Å². The number of nitrogens with one attached hydrogen (secondary N) is 3. The van der Waals surface area contributed by atoms with Crippen molar-refractivity contribution in [1.82, 2.24) is 10.6 Å². The molecule has 0 spiro atoms. The van der Waals surface area contributed by atoms with E-state index in [1.54, 1.807) is 6.07 Å². The summed E-state index contributed by atoms with van der Waals surface area (Å²) in [7, 11) is 0. The molecular formula is C15H19FN4O2. The molecule has 3 rings (SSSR count). The van der Waals surface area contributed by atoms with Crippen LogP contribution in [0.25, 0.3) is 0 Å². The summed E-state index contributed by atoms with van der Waals surface area (Å²) >= 11 is 0. The molecule has 7 heteroatoms. The minimum Gasteiger partial charge on any atom is -0.371 e. The van der Waals surface area contributed by atoms with E-state index in [1.807, 2.05) is 6.07 Å². The number of hydrogen-bond acceptors (Lipinski definition) is 5. The monoisotopic (exact) mass is 306 g/mol. The van der Waals surface area contributed by atoms with Crippen molar-refractivity contribution in [2.45, 2.75) is 18.9 Å². The molecule has 2 saturated heterocycles. The fourth-order valence-corrected chi connectivity index (χ4v) is 2.76. The SMILES string of the molecule is O=C1CC[C@@H](Nc2ccc(N3CCNCC3)cc2F)C(=O)N1. The summed E-state index contributed by atoms with van der Waals surface area (Å²) in [6.45, 7) is 3.47. The van der Waals surface area contributed by atoms with Crippen molar-refractivity contribution < 1.29 is 14.0 Å². The predicted molar refractivity (Wildman–Crippen MR) is 81.3 cm³/mol. The average Bonchev–Trinajstić information content (AvgIpc) is 2.52. The van der Waals surface area contributed by atoms with Crippen LogP contribution in [0.1, 0.15) is 12.8 Å². The molecule has 0 bridgehead atoms. The number of amides is 2. The lowest BCUT2D eigenvalue weighted by molar-refractivity contribution is -0.133. The lowest BCUT2D eigenvalue weighted by Gasteiger charge is -2.30. The van der Waals surface area contributed by atoms with E-state index in [-0.39, 0.29) is 23.8 Å². The lowest BCUT2D eigenvalue weighted by Crippen LogP contribution is -2.47. The van der Waals surface area contributed by atoms with E-state index >= 15 is 0 Å². The third-order valence-electron chi connectivity index (χ3n) is 4.00. The van der Waals surface area contributed by atoms with Crippen LogP contribution in [0.5, 0.6) is 0 Å². The van der Waals surface area contributed by atoms with Gasteiger partial charge in [-0.3, -0.25) is 14.9 Å². The van der Waals surface area contributed by atoms with Gasteiger partial charge in [-0.1, -0.05) is 0 Å². The van der Waals surface area contributed by atoms with Gasteiger partial charge in [0.15, 0.2) is 0 Å². The van der Waals surface area contributed by atoms with E-state index < -0.39 is 11.9 Å². The summed E-state index contributed by atoms with van der Waals surface area (Å²) in [6.07, 6.45) is 0.646. The molecule has 3 N–H and O–H groups in total. The Labute approximate surface area is 128 Å². The Kier molecular flexibility index (Phi) is 4.24. The molecule has 6 nitrogen and oxygen atoms in total. The number of rotatable bonds is 3. The largest absolute Gasteiger partial charge is 0.371 e. The standard InChI is InChI=1S/C15H19FN4O2/c16-11-9-10(20-7-5-17-6-8-20)1-2-12(11)18-13-3-4-14(21)19-15(13)22/h1-2,9,13,17-18H,3-8H2,(H,19,21,22)/t13-/m1/s1. The highest BCUT2D eigenvalue weighted by molar-refractivity contribution is 6.01. The molecular weight excluding hydrogens is 287 g/mol. The molecule has 1 aromatic rings. The quantitative estimate of drug-likeness (QED) is 0.707. The van der Waals surface area contributed by atoms with Gasteiger partial charge in [0.1, 0.15) is 11.9 Å². The Balaban J connectivity index is 1.69. The van der Waals surface area contributed by atoms with Gasteiger partial charge in [0.25, 0.3) is 0 Å². The fraction of sp³-hybridized carbons (Fsp3) is 0.467. The number of nitrogens with zero attached hydrogens (tertiary/aromatic N) is 1. The van der Waals surface area contributed by atoms with E-state index in [0.29, 0.717) is 6.42 Å². The summed E-state index contributed by atoms with van der Waals surface area (Å²) in [5, 5.41) is 8.39. The second kappa shape index (κ2) is 6.31. The third-order valence-corrected chi connectivity index (χ3v) is 4.00. The van der Waals surface area contributed by atoms with E-state index in [2.05, 4.69) is 20.9 Å². The van der Waals surface area contributed by atoms with E-state index in [0.717, 1.165) is 31.9 Å². The topological polar surface area (TPSA) is 73.5 Å². The Morgan fingerprint density at radius 3 is 2.68 bits per heavy atom. The van der Waals surface area contributed by atoms with Crippen molar-refractivity contribution in [1.29, 1.82) is 0 Å². The van der Waals surface area contributed by atoms with Crippen molar-refractivity contribution >= 4 is 23.2 Å². The van der Waals surface area contributed by atoms with Crippen LogP contribution in [0.4, 0.5) is 15.8 Å². The van der Waals surface area contributed by atoms with Gasteiger partial charge in [-0.05, 0) is 24.6 Å². The van der Waals surface area contributed by atoms with Crippen LogP contribution in [0.2, 0.25) is 0 Å². The number of anilines is 2. The zero-order chi connectivity index (χ0) is 15.5. The molecule has 1 atom stereocenters. The van der Waals surface area contributed by atoms with Crippen LogP contribution < -0.4 is 20.9 Å². The maximum atomic E-state index is 14.3. The molecule has 0 aliphatic carbocycles. The zero-order valence-electron chi connectivity index (χ0n) is 12.2. The van der Waals surface area contributed by atoms with Gasteiger partial charge in [-0.25, -0.2) is 4.39 Å². The van der Waals surface area contributed by atoms with Crippen LogP contribution >= 0.6 is 0 Å². The van der Waals surface area contributed by atoms with Gasteiger partial charge in [0.05, 0.1) is 5.69 Å². The second-order valence-corrected chi connectivity index (χ2v) is 5.55. The first kappa shape index (κ1) is 14.8. The van der Waals surface area contributed by atoms with Gasteiger partial charge in [-0.15, -0.1) is 0 Å². The van der Waals surface area contributed by atoms with Crippen LogP contribution in [0.3, 0.4) is 0 Å². The Hall–Kier alpha value is -2.15. The number of halogens is 1. The van der Waals surface area contributed by atoms with Crippen LogP contribution in [0.15, 0.2) is 18.2 Å². The first-order chi connectivity index (χ1) is 10.6. The lowest BCUT2D eigenvalue weighted by atomic mass is 10.1. The molecule has 0 aromatic heterocycles. The third kappa shape index (κ3) is 3.19. The van der Waals surface area contributed by atoms with Crippen molar-refractivity contribution in [3.63, 3.8) is 0 Å². The van der Waals surface area contributed by atoms with Gasteiger partial charge < -0.3 is 15.5 Å². The summed E-state index contributed by atoms with van der Waals surface area (Å²) < 4.78 is 14.3. The van der Waals surface area contributed by atoms with Crippen molar-refractivity contribution in [2.24, 2.45) is 0 Å². The summed E-state index contributed by atoms with van der Waals surface area (Å²) in [5.74, 6) is -1.07. The minimum atomic E-state index is -0.572. The smallest absolute Gasteiger partial charge is 0.249 e. The molecule has 1 aromatic carbocycles. The highest BCUT2D eigenvalue weighted by Gasteiger charge is 2.27. The molecule has 2 aliphatic rings. The molecule has 118 valence electrons. The van der Waals surface area contributed by atoms with Crippen LogP contribution in [-0.4, -0.2) is 44.0 Å². The maximum absolute atomic E-state index is 14.3. The second-order valence-electron chi connectivity index (χ2n) is 5.55. The number of piperazine rings is 1. The minimum absolute atomic E-state index is 0.268. The van der Waals surface area contributed by atoms with Crippen molar-refractivity contribution in [2.75, 3.05) is 36.4 Å². The fourth-order valence-electron chi connectivity index (χ4n) is 2.76. The first-order valence-electron chi connectivity index (χ1n) is 7.49. The van der Waals surface area contributed by atoms with Crippen LogP contribution in [-0.2, 0) is 9.59 Å². The molecule has 2 amide bonds. The van der Waals surface area contributed by atoms with E-state index in [9.17, 15) is 14.0 Å². The van der Waals surface area contributed by atoms with Crippen LogP contribution in [0, 0.1) is 5.82 Å². The Morgan fingerprint density at radius 1 is 1.23 bits per heavy atom. The highest BCUT2D eigenvalue weighted by Crippen LogP contribution is 2.24. The zero-order valence-corrected chi connectivity index (χ0v) is 12.2. The summed E-state index contributed by atoms with van der Waals surface area (Å²) in [5.41, 5.74) is 1.13. The normalized spacial score (nSPS) is 22.4. The molecule has 22 heavy (non-hydrogen) atoms. The molecule has 2 fully saturated rings. The Morgan fingerprint density at radius 2 is 2.00 bits per heavy atom. The number of carbonyl (C=O) groups is 2. The van der Waals surface area contributed by atoms with Gasteiger partial charge in [0.2, 0.25) is 11.8 Å². The van der Waals surface area contributed by atoms with Gasteiger partial charge in [-0.2, -0.15) is 0 Å². The average molecular weight is 306 g/mol. The van der Waals surface area contributed by atoms with Gasteiger partial charge >= 0.3 is 0 Å². The number of piperidine rings is 1. The Bertz CT molecular complexity index is 587. The summed E-state index contributed by atoms with van der Waals surface area (Å²) in [6, 6.07) is 4.41.